The van der Waals surface area contributed by atoms with Gasteiger partial charge < -0.3 is 9.88 Å². The van der Waals surface area contributed by atoms with Crippen molar-refractivity contribution in [3.8, 4) is 5.69 Å². The van der Waals surface area contributed by atoms with Crippen molar-refractivity contribution in [3.63, 3.8) is 0 Å². The highest BCUT2D eigenvalue weighted by Crippen LogP contribution is 2.09. The van der Waals surface area contributed by atoms with Crippen LogP contribution < -0.4 is 5.32 Å². The van der Waals surface area contributed by atoms with Gasteiger partial charge in [-0.25, -0.2) is 4.98 Å². The summed E-state index contributed by atoms with van der Waals surface area (Å²) in [7, 11) is 0. The lowest BCUT2D eigenvalue weighted by molar-refractivity contribution is 0.757. The molecule has 0 unspecified atom stereocenters. The van der Waals surface area contributed by atoms with Gasteiger partial charge in [0, 0.05) is 35.7 Å². The third-order valence-electron chi connectivity index (χ3n) is 2.38. The lowest BCUT2D eigenvalue weighted by atomic mass is 10.2. The van der Waals surface area contributed by atoms with Crippen LogP contribution in [0, 0.1) is 0 Å². The molecular weight excluding hydrogens is 278 g/mol. The molecule has 2 rings (SSSR count). The predicted octanol–water partition coefficient (Wildman–Crippen LogP) is 2.87. The van der Waals surface area contributed by atoms with Crippen LogP contribution in [-0.2, 0) is 6.54 Å². The van der Waals surface area contributed by atoms with Crippen molar-refractivity contribution < 1.29 is 0 Å². The maximum Gasteiger partial charge on any atom is 0.0991 e. The molecule has 0 saturated heterocycles. The van der Waals surface area contributed by atoms with E-state index in [0.717, 1.165) is 23.3 Å². The fourth-order valence-corrected chi connectivity index (χ4v) is 1.74. The van der Waals surface area contributed by atoms with Gasteiger partial charge in [-0.15, -0.1) is 0 Å². The molecule has 88 valence electrons. The van der Waals surface area contributed by atoms with E-state index in [0.29, 0.717) is 0 Å². The molecule has 0 spiro atoms. The Bertz CT molecular complexity index is 474. The van der Waals surface area contributed by atoms with E-state index in [4.69, 9.17) is 0 Å². The number of aromatic nitrogens is 2. The van der Waals surface area contributed by atoms with Crippen molar-refractivity contribution >= 4 is 15.9 Å². The summed E-state index contributed by atoms with van der Waals surface area (Å²) in [6.07, 6.45) is 5.50. The number of nitrogens with zero attached hydrogens (tertiary/aromatic N) is 2. The topological polar surface area (TPSA) is 29.9 Å². The van der Waals surface area contributed by atoms with Gasteiger partial charge in [0.2, 0.25) is 0 Å². The number of benzene rings is 1. The monoisotopic (exact) mass is 291 g/mol. The van der Waals surface area contributed by atoms with Gasteiger partial charge in [-0.3, -0.25) is 0 Å². The van der Waals surface area contributed by atoms with Gasteiger partial charge in [-0.1, -0.05) is 34.6 Å². The highest BCUT2D eigenvalue weighted by Gasteiger charge is 1.96. The predicted molar refractivity (Wildman–Crippen MR) is 73.3 cm³/mol. The molecule has 0 aliphatic heterocycles. The van der Waals surface area contributed by atoms with Gasteiger partial charge in [0.1, 0.15) is 0 Å². The van der Waals surface area contributed by atoms with Crippen LogP contribution in [0.15, 0.2) is 54.0 Å². The maximum atomic E-state index is 4.03. The molecular formula is C13H14BrN3. The largest absolute Gasteiger partial charge is 0.308 e. The number of hydrogen-bond donors (Lipinski definition) is 1. The molecule has 0 saturated carbocycles. The van der Waals surface area contributed by atoms with Crippen LogP contribution in [0.1, 0.15) is 5.56 Å². The third-order valence-corrected chi connectivity index (χ3v) is 2.67. The number of imidazole rings is 1. The fourth-order valence-electron chi connectivity index (χ4n) is 1.54. The van der Waals surface area contributed by atoms with Crippen LogP contribution in [0.25, 0.3) is 5.69 Å². The third kappa shape index (κ3) is 3.54. The molecule has 17 heavy (non-hydrogen) atoms. The lowest BCUT2D eigenvalue weighted by Crippen LogP contribution is -2.14. The minimum absolute atomic E-state index is 0.781. The number of nitrogens with one attached hydrogen (secondary N) is 1. The lowest BCUT2D eigenvalue weighted by Gasteiger charge is -2.06. The van der Waals surface area contributed by atoms with E-state index in [1.807, 2.05) is 10.8 Å². The summed E-state index contributed by atoms with van der Waals surface area (Å²) < 4.78 is 2.95. The smallest absolute Gasteiger partial charge is 0.0991 e. The van der Waals surface area contributed by atoms with E-state index in [-0.39, 0.29) is 0 Å². The van der Waals surface area contributed by atoms with Crippen molar-refractivity contribution in [1.29, 1.82) is 0 Å². The van der Waals surface area contributed by atoms with Crippen molar-refractivity contribution in [3.05, 3.63) is 59.6 Å². The molecule has 4 heteroatoms. The molecule has 0 bridgehead atoms. The summed E-state index contributed by atoms with van der Waals surface area (Å²) in [5.41, 5.74) is 2.37. The summed E-state index contributed by atoms with van der Waals surface area (Å²) in [6, 6.07) is 8.39. The molecule has 3 nitrogen and oxygen atoms in total. The van der Waals surface area contributed by atoms with Crippen LogP contribution in [0.2, 0.25) is 0 Å². The molecule has 1 N–H and O–H groups in total. The second kappa shape index (κ2) is 5.80. The van der Waals surface area contributed by atoms with Crippen LogP contribution >= 0.6 is 15.9 Å². The molecule has 0 aliphatic carbocycles. The Morgan fingerprint density at radius 1 is 1.35 bits per heavy atom. The van der Waals surface area contributed by atoms with Crippen LogP contribution in [0.3, 0.4) is 0 Å². The summed E-state index contributed by atoms with van der Waals surface area (Å²) >= 11 is 3.32. The van der Waals surface area contributed by atoms with E-state index in [9.17, 15) is 0 Å². The van der Waals surface area contributed by atoms with Crippen molar-refractivity contribution in [2.24, 2.45) is 0 Å². The molecule has 1 heterocycles. The summed E-state index contributed by atoms with van der Waals surface area (Å²) in [5, 5.41) is 3.29. The van der Waals surface area contributed by atoms with Crippen LogP contribution in [0.5, 0.6) is 0 Å². The molecule has 1 aromatic heterocycles. The molecule has 0 radical (unpaired) electrons. The van der Waals surface area contributed by atoms with Gasteiger partial charge >= 0.3 is 0 Å². The number of rotatable bonds is 5. The quantitative estimate of drug-likeness (QED) is 0.918. The second-order valence-corrected chi connectivity index (χ2v) is 4.88. The zero-order chi connectivity index (χ0) is 12.1. The molecule has 0 aliphatic rings. The fraction of sp³-hybridized carbons (Fsp3) is 0.154. The van der Waals surface area contributed by atoms with E-state index in [1.165, 1.54) is 5.56 Å². The van der Waals surface area contributed by atoms with E-state index in [1.54, 1.807) is 12.5 Å². The van der Waals surface area contributed by atoms with Crippen LogP contribution in [-0.4, -0.2) is 16.1 Å². The van der Waals surface area contributed by atoms with Crippen LogP contribution in [0.4, 0.5) is 0 Å². The average molecular weight is 292 g/mol. The Morgan fingerprint density at radius 2 is 2.12 bits per heavy atom. The normalized spacial score (nSPS) is 10.4. The first kappa shape index (κ1) is 12.1. The second-order valence-electron chi connectivity index (χ2n) is 3.76. The van der Waals surface area contributed by atoms with Gasteiger partial charge in [0.25, 0.3) is 0 Å². The van der Waals surface area contributed by atoms with Gasteiger partial charge in [0.15, 0.2) is 0 Å². The first-order valence-electron chi connectivity index (χ1n) is 5.37. The molecule has 0 atom stereocenters. The van der Waals surface area contributed by atoms with Gasteiger partial charge in [0.05, 0.1) is 6.33 Å². The Hall–Kier alpha value is -1.39. The highest BCUT2D eigenvalue weighted by atomic mass is 79.9. The highest BCUT2D eigenvalue weighted by molar-refractivity contribution is 9.11. The average Bonchev–Trinajstić information content (AvgIpc) is 2.83. The minimum Gasteiger partial charge on any atom is -0.308 e. The Balaban J connectivity index is 1.96. The maximum absolute atomic E-state index is 4.03. The first-order chi connectivity index (χ1) is 8.25. The molecule has 1 aromatic carbocycles. The summed E-state index contributed by atoms with van der Waals surface area (Å²) in [6.45, 7) is 5.40. The van der Waals surface area contributed by atoms with Crippen molar-refractivity contribution in [2.75, 3.05) is 6.54 Å². The van der Waals surface area contributed by atoms with Crippen molar-refractivity contribution in [2.45, 2.75) is 6.54 Å². The molecule has 2 aromatic rings. The molecule has 0 amide bonds. The standard InChI is InChI=1S/C13H14BrN3/c1-11(14)8-16-9-12-2-4-13(5-3-12)17-7-6-15-10-17/h2-7,10,16H,1,8-9H2. The first-order valence-corrected chi connectivity index (χ1v) is 6.16. The zero-order valence-corrected chi connectivity index (χ0v) is 11.0. The number of hydrogen-bond acceptors (Lipinski definition) is 2. The summed E-state index contributed by atoms with van der Waals surface area (Å²) in [5.74, 6) is 0. The Kier molecular flexibility index (Phi) is 4.12. The number of halogens is 1. The minimum atomic E-state index is 0.781. The summed E-state index contributed by atoms with van der Waals surface area (Å²) in [4.78, 5) is 4.03. The molecule has 0 fully saturated rings. The zero-order valence-electron chi connectivity index (χ0n) is 9.44. The van der Waals surface area contributed by atoms with Crippen molar-refractivity contribution in [1.82, 2.24) is 14.9 Å². The van der Waals surface area contributed by atoms with Gasteiger partial charge in [-0.2, -0.15) is 0 Å². The SMILES string of the molecule is C=C(Br)CNCc1ccc(-n2ccnc2)cc1. The van der Waals surface area contributed by atoms with E-state index in [2.05, 4.69) is 57.1 Å². The van der Waals surface area contributed by atoms with E-state index >= 15 is 0 Å². The Morgan fingerprint density at radius 3 is 2.71 bits per heavy atom. The van der Waals surface area contributed by atoms with Gasteiger partial charge in [-0.05, 0) is 17.7 Å². The Labute approximate surface area is 109 Å². The van der Waals surface area contributed by atoms with E-state index < -0.39 is 0 Å².